The lowest BCUT2D eigenvalue weighted by Gasteiger charge is -2.15. The monoisotopic (exact) mass is 301 g/mol. The molecule has 108 valence electrons. The highest BCUT2D eigenvalue weighted by Gasteiger charge is 2.09. The highest BCUT2D eigenvalue weighted by Crippen LogP contribution is 2.20. The van der Waals surface area contributed by atoms with Crippen molar-refractivity contribution in [3.05, 3.63) is 53.9 Å². The topological polar surface area (TPSA) is 82.8 Å². The highest BCUT2D eigenvalue weighted by molar-refractivity contribution is 7.90. The van der Waals surface area contributed by atoms with E-state index in [1.54, 1.807) is 42.6 Å². The lowest BCUT2D eigenvalue weighted by atomic mass is 10.1. The van der Waals surface area contributed by atoms with Crippen LogP contribution in [-0.4, -0.2) is 19.7 Å². The van der Waals surface area contributed by atoms with E-state index >= 15 is 0 Å². The van der Waals surface area contributed by atoms with Crippen molar-refractivity contribution < 1.29 is 8.42 Å². The van der Waals surface area contributed by atoms with Crippen LogP contribution in [0.2, 0.25) is 0 Å². The maximum Gasteiger partial charge on any atom is 0.175 e. The van der Waals surface area contributed by atoms with E-state index in [4.69, 9.17) is 5.26 Å². The number of benzene rings is 1. The molecule has 0 bridgehead atoms. The molecule has 0 fully saturated rings. The maximum absolute atomic E-state index is 11.4. The normalized spacial score (nSPS) is 12.4. The molecule has 1 atom stereocenters. The second-order valence-electron chi connectivity index (χ2n) is 4.75. The molecule has 2 rings (SSSR count). The molecule has 21 heavy (non-hydrogen) atoms. The Morgan fingerprint density at radius 2 is 1.86 bits per heavy atom. The van der Waals surface area contributed by atoms with E-state index in [9.17, 15) is 8.42 Å². The van der Waals surface area contributed by atoms with E-state index in [1.165, 1.54) is 6.26 Å². The SMILES string of the molecule is CC(Nc1ccc(C#N)nc1)c1ccc(S(C)(=O)=O)cc1. The van der Waals surface area contributed by atoms with Crippen LogP contribution in [0.3, 0.4) is 0 Å². The van der Waals surface area contributed by atoms with Crippen LogP contribution in [0, 0.1) is 11.3 Å². The third kappa shape index (κ3) is 3.80. The smallest absolute Gasteiger partial charge is 0.175 e. The Morgan fingerprint density at radius 1 is 1.19 bits per heavy atom. The maximum atomic E-state index is 11.4. The molecular weight excluding hydrogens is 286 g/mol. The Kier molecular flexibility index (Phi) is 4.24. The second-order valence-corrected chi connectivity index (χ2v) is 6.77. The number of nitrogens with one attached hydrogen (secondary N) is 1. The number of rotatable bonds is 4. The van der Waals surface area contributed by atoms with Crippen LogP contribution >= 0.6 is 0 Å². The van der Waals surface area contributed by atoms with Gasteiger partial charge in [0.25, 0.3) is 0 Å². The fourth-order valence-electron chi connectivity index (χ4n) is 1.88. The number of pyridine rings is 1. The van der Waals surface area contributed by atoms with Crippen LogP contribution in [0.15, 0.2) is 47.5 Å². The van der Waals surface area contributed by atoms with Crippen molar-refractivity contribution in [2.75, 3.05) is 11.6 Å². The van der Waals surface area contributed by atoms with Gasteiger partial charge in [0, 0.05) is 12.3 Å². The summed E-state index contributed by atoms with van der Waals surface area (Å²) in [5.74, 6) is 0. The van der Waals surface area contributed by atoms with Crippen molar-refractivity contribution >= 4 is 15.5 Å². The van der Waals surface area contributed by atoms with Crippen molar-refractivity contribution in [3.63, 3.8) is 0 Å². The van der Waals surface area contributed by atoms with Gasteiger partial charge in [0.05, 0.1) is 16.8 Å². The first kappa shape index (κ1) is 15.0. The van der Waals surface area contributed by atoms with Gasteiger partial charge in [-0.25, -0.2) is 13.4 Å². The molecule has 1 heterocycles. The highest BCUT2D eigenvalue weighted by atomic mass is 32.2. The summed E-state index contributed by atoms with van der Waals surface area (Å²) < 4.78 is 22.8. The zero-order valence-corrected chi connectivity index (χ0v) is 12.6. The summed E-state index contributed by atoms with van der Waals surface area (Å²) in [7, 11) is -3.17. The van der Waals surface area contributed by atoms with E-state index in [0.717, 1.165) is 11.3 Å². The Labute approximate surface area is 124 Å². The Hall–Kier alpha value is -2.39. The summed E-state index contributed by atoms with van der Waals surface area (Å²) in [6, 6.07) is 12.1. The zero-order chi connectivity index (χ0) is 15.5. The summed E-state index contributed by atoms with van der Waals surface area (Å²) in [6.07, 6.45) is 2.78. The number of hydrogen-bond donors (Lipinski definition) is 1. The van der Waals surface area contributed by atoms with Crippen LogP contribution in [-0.2, 0) is 9.84 Å². The van der Waals surface area contributed by atoms with E-state index in [1.807, 2.05) is 13.0 Å². The first-order chi connectivity index (χ1) is 9.90. The summed E-state index contributed by atoms with van der Waals surface area (Å²) in [5.41, 5.74) is 2.13. The van der Waals surface area contributed by atoms with E-state index in [0.29, 0.717) is 10.6 Å². The van der Waals surface area contributed by atoms with Gasteiger partial charge in [0.1, 0.15) is 11.8 Å². The van der Waals surface area contributed by atoms with E-state index in [2.05, 4.69) is 10.3 Å². The molecule has 1 N–H and O–H groups in total. The largest absolute Gasteiger partial charge is 0.377 e. The molecule has 0 aliphatic heterocycles. The molecule has 0 aliphatic carbocycles. The number of sulfone groups is 1. The molecule has 1 unspecified atom stereocenters. The summed E-state index contributed by atoms with van der Waals surface area (Å²) >= 11 is 0. The van der Waals surface area contributed by atoms with Crippen LogP contribution < -0.4 is 5.32 Å². The van der Waals surface area contributed by atoms with Gasteiger partial charge >= 0.3 is 0 Å². The third-order valence-corrected chi connectivity index (χ3v) is 4.20. The lowest BCUT2D eigenvalue weighted by Crippen LogP contribution is -2.07. The van der Waals surface area contributed by atoms with E-state index < -0.39 is 9.84 Å². The predicted molar refractivity (Wildman–Crippen MR) is 80.5 cm³/mol. The first-order valence-electron chi connectivity index (χ1n) is 6.33. The van der Waals surface area contributed by atoms with Crippen LogP contribution in [0.25, 0.3) is 0 Å². The molecule has 0 spiro atoms. The van der Waals surface area contributed by atoms with Crippen LogP contribution in [0.5, 0.6) is 0 Å². The fourth-order valence-corrected chi connectivity index (χ4v) is 2.51. The molecule has 1 aromatic heterocycles. The van der Waals surface area contributed by atoms with Crippen molar-refractivity contribution in [1.29, 1.82) is 5.26 Å². The number of anilines is 1. The van der Waals surface area contributed by atoms with Crippen molar-refractivity contribution in [2.45, 2.75) is 17.9 Å². The van der Waals surface area contributed by atoms with Crippen molar-refractivity contribution in [3.8, 4) is 6.07 Å². The molecule has 1 aromatic carbocycles. The average molecular weight is 301 g/mol. The van der Waals surface area contributed by atoms with Crippen LogP contribution in [0.1, 0.15) is 24.2 Å². The predicted octanol–water partition coefficient (Wildman–Crippen LogP) is 2.53. The van der Waals surface area contributed by atoms with Gasteiger partial charge in [0.15, 0.2) is 9.84 Å². The van der Waals surface area contributed by atoms with Gasteiger partial charge < -0.3 is 5.32 Å². The Balaban J connectivity index is 2.13. The zero-order valence-electron chi connectivity index (χ0n) is 11.7. The van der Waals surface area contributed by atoms with Gasteiger partial charge in [-0.3, -0.25) is 0 Å². The minimum atomic E-state index is -3.17. The second kappa shape index (κ2) is 5.94. The Morgan fingerprint density at radius 3 is 2.33 bits per heavy atom. The quantitative estimate of drug-likeness (QED) is 0.938. The lowest BCUT2D eigenvalue weighted by molar-refractivity contribution is 0.602. The first-order valence-corrected chi connectivity index (χ1v) is 8.22. The van der Waals surface area contributed by atoms with Gasteiger partial charge in [-0.05, 0) is 36.8 Å². The Bertz CT molecular complexity index is 760. The van der Waals surface area contributed by atoms with Crippen LogP contribution in [0.4, 0.5) is 5.69 Å². The van der Waals surface area contributed by atoms with Crippen molar-refractivity contribution in [1.82, 2.24) is 4.98 Å². The molecule has 2 aromatic rings. The minimum Gasteiger partial charge on any atom is -0.377 e. The van der Waals surface area contributed by atoms with Gasteiger partial charge in [-0.2, -0.15) is 5.26 Å². The molecule has 0 aliphatic rings. The number of nitrogens with zero attached hydrogens (tertiary/aromatic N) is 2. The molecule has 0 amide bonds. The number of nitriles is 1. The molecule has 0 radical (unpaired) electrons. The summed E-state index contributed by atoms with van der Waals surface area (Å²) in [5, 5.41) is 11.9. The van der Waals surface area contributed by atoms with E-state index in [-0.39, 0.29) is 6.04 Å². The molecule has 0 saturated carbocycles. The minimum absolute atomic E-state index is 0.00616. The average Bonchev–Trinajstić information content (AvgIpc) is 2.47. The van der Waals surface area contributed by atoms with Gasteiger partial charge in [-0.15, -0.1) is 0 Å². The standard InChI is InChI=1S/C15H15N3O2S/c1-11(18-14-6-5-13(9-16)17-10-14)12-3-7-15(8-4-12)21(2,19)20/h3-8,10-11,18H,1-2H3. The van der Waals surface area contributed by atoms with Gasteiger partial charge in [-0.1, -0.05) is 12.1 Å². The molecular formula is C15H15N3O2S. The number of hydrogen-bond acceptors (Lipinski definition) is 5. The third-order valence-electron chi connectivity index (χ3n) is 3.07. The molecule has 5 nitrogen and oxygen atoms in total. The van der Waals surface area contributed by atoms with Gasteiger partial charge in [0.2, 0.25) is 0 Å². The molecule has 6 heteroatoms. The molecule has 0 saturated heterocycles. The fraction of sp³-hybridized carbons (Fsp3) is 0.200. The summed E-state index contributed by atoms with van der Waals surface area (Å²) in [6.45, 7) is 1.97. The number of aromatic nitrogens is 1. The summed E-state index contributed by atoms with van der Waals surface area (Å²) in [4.78, 5) is 4.29. The van der Waals surface area contributed by atoms with Crippen molar-refractivity contribution in [2.24, 2.45) is 0 Å².